The molecule has 0 bridgehead atoms. The molecule has 0 N–H and O–H groups in total. The third kappa shape index (κ3) is 4.05. The fraction of sp³-hybridized carbons (Fsp3) is 0.222. The maximum atomic E-state index is 13.3. The van der Waals surface area contributed by atoms with Gasteiger partial charge in [-0.1, -0.05) is 23.7 Å². The van der Waals surface area contributed by atoms with Gasteiger partial charge in [0.05, 0.1) is 41.3 Å². The number of methoxy groups -OCH3 is 2. The van der Waals surface area contributed by atoms with Gasteiger partial charge in [0.25, 0.3) is 15.7 Å². The molecule has 0 saturated heterocycles. The first-order valence-corrected chi connectivity index (χ1v) is 9.79. The van der Waals surface area contributed by atoms with E-state index >= 15 is 0 Å². The number of sulfonamides is 1. The van der Waals surface area contributed by atoms with Crippen LogP contribution in [0.2, 0.25) is 5.02 Å². The first-order chi connectivity index (χ1) is 13.2. The molecule has 0 heterocycles. The number of benzene rings is 2. The van der Waals surface area contributed by atoms with Gasteiger partial charge in [0.1, 0.15) is 11.5 Å². The largest absolute Gasteiger partial charge is 0.495 e. The highest BCUT2D eigenvalue weighted by atomic mass is 35.5. The van der Waals surface area contributed by atoms with Crippen LogP contribution in [-0.4, -0.2) is 34.1 Å². The van der Waals surface area contributed by atoms with Crippen LogP contribution in [0.5, 0.6) is 11.5 Å². The highest BCUT2D eigenvalue weighted by Gasteiger charge is 2.29. The highest BCUT2D eigenvalue weighted by molar-refractivity contribution is 7.92. The van der Waals surface area contributed by atoms with Crippen molar-refractivity contribution in [1.29, 1.82) is 0 Å². The van der Waals surface area contributed by atoms with Crippen molar-refractivity contribution in [1.82, 2.24) is 0 Å². The predicted molar refractivity (Wildman–Crippen MR) is 107 cm³/mol. The number of nitro benzene ring substituents is 1. The van der Waals surface area contributed by atoms with Gasteiger partial charge in [0.15, 0.2) is 0 Å². The lowest BCUT2D eigenvalue weighted by Crippen LogP contribution is -2.31. The Balaban J connectivity index is 2.71. The molecule has 150 valence electrons. The van der Waals surface area contributed by atoms with Crippen molar-refractivity contribution >= 4 is 33.0 Å². The fourth-order valence-electron chi connectivity index (χ4n) is 2.56. The Morgan fingerprint density at radius 3 is 2.39 bits per heavy atom. The third-order valence-electron chi connectivity index (χ3n) is 3.98. The van der Waals surface area contributed by atoms with Crippen molar-refractivity contribution in [2.24, 2.45) is 0 Å². The highest BCUT2D eigenvalue weighted by Crippen LogP contribution is 2.40. The SMILES string of the molecule is C=CCN(c1cc(OC)c(Cl)cc1OC)S(=O)(=O)c1ccc(C)c([N+](=O)[O-])c1. The summed E-state index contributed by atoms with van der Waals surface area (Å²) in [6.45, 7) is 5.02. The van der Waals surface area contributed by atoms with Gasteiger partial charge in [-0.05, 0) is 13.0 Å². The van der Waals surface area contributed by atoms with E-state index in [1.54, 1.807) is 0 Å². The lowest BCUT2D eigenvalue weighted by molar-refractivity contribution is -0.385. The summed E-state index contributed by atoms with van der Waals surface area (Å²) in [5.74, 6) is 0.439. The quantitative estimate of drug-likeness (QED) is 0.360. The van der Waals surface area contributed by atoms with Crippen LogP contribution >= 0.6 is 11.6 Å². The molecule has 0 spiro atoms. The Labute approximate surface area is 168 Å². The summed E-state index contributed by atoms with van der Waals surface area (Å²) in [5.41, 5.74) is 0.220. The summed E-state index contributed by atoms with van der Waals surface area (Å²) in [7, 11) is -1.41. The monoisotopic (exact) mass is 426 g/mol. The van der Waals surface area contributed by atoms with E-state index in [0.717, 1.165) is 10.4 Å². The Morgan fingerprint density at radius 2 is 1.86 bits per heavy atom. The molecule has 0 saturated carbocycles. The van der Waals surface area contributed by atoms with Gasteiger partial charge < -0.3 is 9.47 Å². The maximum absolute atomic E-state index is 13.3. The van der Waals surface area contributed by atoms with Crippen molar-refractivity contribution in [2.45, 2.75) is 11.8 Å². The Hall–Kier alpha value is -2.78. The average molecular weight is 427 g/mol. The van der Waals surface area contributed by atoms with Gasteiger partial charge >= 0.3 is 0 Å². The number of nitrogens with zero attached hydrogens (tertiary/aromatic N) is 2. The van der Waals surface area contributed by atoms with Gasteiger partial charge in [-0.3, -0.25) is 14.4 Å². The molecule has 0 aliphatic heterocycles. The second-order valence-corrected chi connectivity index (χ2v) is 7.96. The molecule has 0 fully saturated rings. The number of hydrogen-bond acceptors (Lipinski definition) is 6. The molecule has 0 aromatic heterocycles. The lowest BCUT2D eigenvalue weighted by Gasteiger charge is -2.25. The van der Waals surface area contributed by atoms with Crippen LogP contribution in [0.4, 0.5) is 11.4 Å². The molecule has 10 heteroatoms. The molecular weight excluding hydrogens is 408 g/mol. The van der Waals surface area contributed by atoms with E-state index in [1.807, 2.05) is 0 Å². The summed E-state index contributed by atoms with van der Waals surface area (Å²) < 4.78 is 38.0. The van der Waals surface area contributed by atoms with Crippen LogP contribution in [0, 0.1) is 17.0 Å². The number of hydrogen-bond donors (Lipinski definition) is 0. The number of rotatable bonds is 8. The van der Waals surface area contributed by atoms with Gasteiger partial charge in [0, 0.05) is 23.8 Å². The Morgan fingerprint density at radius 1 is 1.21 bits per heavy atom. The summed E-state index contributed by atoms with van der Waals surface area (Å²) >= 11 is 6.10. The second kappa shape index (κ2) is 8.49. The summed E-state index contributed by atoms with van der Waals surface area (Å²) in [4.78, 5) is 10.4. The van der Waals surface area contributed by atoms with Crippen molar-refractivity contribution in [2.75, 3.05) is 25.1 Å². The van der Waals surface area contributed by atoms with Crippen molar-refractivity contribution in [3.05, 3.63) is 63.7 Å². The zero-order valence-corrected chi connectivity index (χ0v) is 17.1. The standard InChI is InChI=1S/C18H19ClN2O6S/c1-5-8-20(16-11-17(26-3)14(19)10-18(16)27-4)28(24,25)13-7-6-12(2)15(9-13)21(22)23/h5-7,9-11H,1,8H2,2-4H3. The third-order valence-corrected chi connectivity index (χ3v) is 6.05. The lowest BCUT2D eigenvalue weighted by atomic mass is 10.2. The van der Waals surface area contributed by atoms with Crippen molar-refractivity contribution < 1.29 is 22.8 Å². The molecule has 0 unspecified atom stereocenters. The number of nitro groups is 1. The van der Waals surface area contributed by atoms with Crippen LogP contribution in [0.15, 0.2) is 47.9 Å². The number of ether oxygens (including phenoxy) is 2. The van der Waals surface area contributed by atoms with Crippen LogP contribution in [0.25, 0.3) is 0 Å². The Kier molecular flexibility index (Phi) is 6.52. The number of aryl methyl sites for hydroxylation is 1. The molecule has 2 aromatic carbocycles. The van der Waals surface area contributed by atoms with Gasteiger partial charge in [0.2, 0.25) is 0 Å². The van der Waals surface area contributed by atoms with E-state index < -0.39 is 14.9 Å². The Bertz CT molecular complexity index is 1020. The molecule has 28 heavy (non-hydrogen) atoms. The first kappa shape index (κ1) is 21.5. The normalized spacial score (nSPS) is 11.0. The first-order valence-electron chi connectivity index (χ1n) is 7.97. The van der Waals surface area contributed by atoms with E-state index in [1.165, 1.54) is 51.5 Å². The van der Waals surface area contributed by atoms with Crippen LogP contribution in [0.1, 0.15) is 5.56 Å². The topological polar surface area (TPSA) is 99.0 Å². The van der Waals surface area contributed by atoms with Crippen LogP contribution in [-0.2, 0) is 10.0 Å². The van der Waals surface area contributed by atoms with E-state index in [4.69, 9.17) is 21.1 Å². The second-order valence-electron chi connectivity index (χ2n) is 5.69. The van der Waals surface area contributed by atoms with Gasteiger partial charge in [-0.2, -0.15) is 0 Å². The predicted octanol–water partition coefficient (Wildman–Crippen LogP) is 3.96. The minimum Gasteiger partial charge on any atom is -0.495 e. The summed E-state index contributed by atoms with van der Waals surface area (Å²) in [5, 5.41) is 11.5. The number of anilines is 1. The molecule has 0 aliphatic carbocycles. The maximum Gasteiger partial charge on any atom is 0.273 e. The van der Waals surface area contributed by atoms with Gasteiger partial charge in [-0.25, -0.2) is 8.42 Å². The minimum atomic E-state index is -4.18. The smallest absolute Gasteiger partial charge is 0.273 e. The van der Waals surface area contributed by atoms with E-state index in [9.17, 15) is 18.5 Å². The number of halogens is 1. The van der Waals surface area contributed by atoms with E-state index in [0.29, 0.717) is 5.56 Å². The molecule has 0 atom stereocenters. The van der Waals surface area contributed by atoms with Crippen LogP contribution < -0.4 is 13.8 Å². The van der Waals surface area contributed by atoms with Crippen LogP contribution in [0.3, 0.4) is 0 Å². The molecule has 2 rings (SSSR count). The molecule has 2 aromatic rings. The average Bonchev–Trinajstić information content (AvgIpc) is 2.65. The van der Waals surface area contributed by atoms with E-state index in [-0.39, 0.29) is 39.3 Å². The molecule has 0 amide bonds. The molecule has 0 aliphatic rings. The zero-order chi connectivity index (χ0) is 21.1. The minimum absolute atomic E-state index is 0.106. The van der Waals surface area contributed by atoms with Crippen molar-refractivity contribution in [3.63, 3.8) is 0 Å². The van der Waals surface area contributed by atoms with Crippen molar-refractivity contribution in [3.8, 4) is 11.5 Å². The molecular formula is C18H19ClN2O6S. The van der Waals surface area contributed by atoms with Gasteiger partial charge in [-0.15, -0.1) is 6.58 Å². The molecule has 8 nitrogen and oxygen atoms in total. The zero-order valence-electron chi connectivity index (χ0n) is 15.5. The fourth-order valence-corrected chi connectivity index (χ4v) is 4.25. The molecule has 0 radical (unpaired) electrons. The van der Waals surface area contributed by atoms with E-state index in [2.05, 4.69) is 6.58 Å². The summed E-state index contributed by atoms with van der Waals surface area (Å²) in [6.07, 6.45) is 1.39. The summed E-state index contributed by atoms with van der Waals surface area (Å²) in [6, 6.07) is 6.58.